The summed E-state index contributed by atoms with van der Waals surface area (Å²) in [6, 6.07) is 10.3. The molecular formula is C10H14N4. The van der Waals surface area contributed by atoms with Crippen LogP contribution in [0.4, 0.5) is 0 Å². The van der Waals surface area contributed by atoms with Crippen LogP contribution in [0.25, 0.3) is 0 Å². The molecule has 0 bridgehead atoms. The van der Waals surface area contributed by atoms with Crippen LogP contribution < -0.4 is 16.7 Å². The second-order valence-electron chi connectivity index (χ2n) is 3.21. The Morgan fingerprint density at radius 1 is 1.21 bits per heavy atom. The van der Waals surface area contributed by atoms with Gasteiger partial charge in [0.25, 0.3) is 0 Å². The van der Waals surface area contributed by atoms with Crippen LogP contribution in [0.2, 0.25) is 0 Å². The fraction of sp³-hybridized carbons (Fsp3) is 0.200. The molecule has 1 aliphatic heterocycles. The molecule has 0 saturated heterocycles. The highest BCUT2D eigenvalue weighted by molar-refractivity contribution is 5.15. The summed E-state index contributed by atoms with van der Waals surface area (Å²) >= 11 is 0. The Hall–Kier alpha value is -1.52. The number of hydrogen-bond donors (Lipinski definition) is 3. The second kappa shape index (κ2) is 4.13. The van der Waals surface area contributed by atoms with Crippen molar-refractivity contribution in [2.45, 2.75) is 6.54 Å². The SMILES string of the molecule is NCC1=CN(Cc2ccccc2)NN1. The van der Waals surface area contributed by atoms with Gasteiger partial charge in [0, 0.05) is 12.7 Å². The van der Waals surface area contributed by atoms with E-state index in [1.807, 2.05) is 29.4 Å². The smallest absolute Gasteiger partial charge is 0.0606 e. The topological polar surface area (TPSA) is 53.3 Å². The van der Waals surface area contributed by atoms with Gasteiger partial charge >= 0.3 is 0 Å². The van der Waals surface area contributed by atoms with Gasteiger partial charge in [0.15, 0.2) is 0 Å². The number of hydrazine groups is 2. The summed E-state index contributed by atoms with van der Waals surface area (Å²) in [6.07, 6.45) is 1.98. The highest BCUT2D eigenvalue weighted by Gasteiger charge is 2.08. The third kappa shape index (κ3) is 2.04. The van der Waals surface area contributed by atoms with Crippen molar-refractivity contribution in [2.75, 3.05) is 6.54 Å². The zero-order valence-corrected chi connectivity index (χ0v) is 7.90. The minimum Gasteiger partial charge on any atom is -0.325 e. The van der Waals surface area contributed by atoms with Crippen molar-refractivity contribution >= 4 is 0 Å². The van der Waals surface area contributed by atoms with E-state index in [1.54, 1.807) is 0 Å². The average Bonchev–Trinajstić information content (AvgIpc) is 2.67. The van der Waals surface area contributed by atoms with Gasteiger partial charge in [0.1, 0.15) is 0 Å². The van der Waals surface area contributed by atoms with Crippen molar-refractivity contribution in [2.24, 2.45) is 5.73 Å². The van der Waals surface area contributed by atoms with Gasteiger partial charge < -0.3 is 11.2 Å². The quantitative estimate of drug-likeness (QED) is 0.642. The molecule has 1 aliphatic rings. The maximum absolute atomic E-state index is 5.49. The largest absolute Gasteiger partial charge is 0.325 e. The summed E-state index contributed by atoms with van der Waals surface area (Å²) in [7, 11) is 0. The summed E-state index contributed by atoms with van der Waals surface area (Å²) in [5, 5.41) is 1.97. The van der Waals surface area contributed by atoms with Gasteiger partial charge in [0.05, 0.1) is 12.2 Å². The van der Waals surface area contributed by atoms with Gasteiger partial charge in [-0.25, -0.2) is 0 Å². The van der Waals surface area contributed by atoms with Gasteiger partial charge in [-0.3, -0.25) is 5.01 Å². The zero-order valence-electron chi connectivity index (χ0n) is 7.90. The summed E-state index contributed by atoms with van der Waals surface area (Å²) in [5.74, 6) is 0. The lowest BCUT2D eigenvalue weighted by Crippen LogP contribution is -2.36. The molecule has 2 rings (SSSR count). The molecule has 0 saturated carbocycles. The predicted octanol–water partition coefficient (Wildman–Crippen LogP) is 0.312. The molecule has 0 aliphatic carbocycles. The Bertz CT molecular complexity index is 320. The summed E-state index contributed by atoms with van der Waals surface area (Å²) < 4.78 is 0. The van der Waals surface area contributed by atoms with Gasteiger partial charge in [-0.15, -0.1) is 5.53 Å². The van der Waals surface area contributed by atoms with Gasteiger partial charge in [0.2, 0.25) is 0 Å². The minimum absolute atomic E-state index is 0.526. The summed E-state index contributed by atoms with van der Waals surface area (Å²) in [5.41, 5.74) is 13.8. The first kappa shape index (κ1) is 9.05. The molecule has 14 heavy (non-hydrogen) atoms. The van der Waals surface area contributed by atoms with Crippen LogP contribution in [0.1, 0.15) is 5.56 Å². The van der Waals surface area contributed by atoms with Crippen molar-refractivity contribution in [1.29, 1.82) is 0 Å². The normalized spacial score (nSPS) is 15.2. The van der Waals surface area contributed by atoms with Crippen LogP contribution in [-0.4, -0.2) is 11.6 Å². The van der Waals surface area contributed by atoms with Gasteiger partial charge in [-0.05, 0) is 5.56 Å². The molecule has 0 unspecified atom stereocenters. The lowest BCUT2D eigenvalue weighted by Gasteiger charge is -2.14. The molecule has 4 heteroatoms. The van der Waals surface area contributed by atoms with E-state index in [1.165, 1.54) is 5.56 Å². The highest BCUT2D eigenvalue weighted by atomic mass is 15.7. The minimum atomic E-state index is 0.526. The van der Waals surface area contributed by atoms with Crippen LogP contribution >= 0.6 is 0 Å². The molecule has 1 heterocycles. The number of benzene rings is 1. The van der Waals surface area contributed by atoms with Crippen molar-refractivity contribution in [3.8, 4) is 0 Å². The standard InChI is InChI=1S/C10H14N4/c11-6-10-8-14(13-12-10)7-9-4-2-1-3-5-9/h1-5,8,12-13H,6-7,11H2. The number of nitrogens with zero attached hydrogens (tertiary/aromatic N) is 1. The number of rotatable bonds is 3. The third-order valence-electron chi connectivity index (χ3n) is 2.09. The van der Waals surface area contributed by atoms with Crippen molar-refractivity contribution in [1.82, 2.24) is 16.0 Å². The van der Waals surface area contributed by atoms with E-state index in [4.69, 9.17) is 5.73 Å². The van der Waals surface area contributed by atoms with Crippen molar-refractivity contribution in [3.63, 3.8) is 0 Å². The molecule has 74 valence electrons. The predicted molar refractivity (Wildman–Crippen MR) is 55.4 cm³/mol. The molecule has 1 aromatic rings. The monoisotopic (exact) mass is 190 g/mol. The van der Waals surface area contributed by atoms with E-state index in [0.29, 0.717) is 6.54 Å². The summed E-state index contributed by atoms with van der Waals surface area (Å²) in [4.78, 5) is 0. The van der Waals surface area contributed by atoms with Crippen LogP contribution in [-0.2, 0) is 6.54 Å². The molecular weight excluding hydrogens is 176 g/mol. The van der Waals surface area contributed by atoms with Crippen LogP contribution in [0.15, 0.2) is 42.2 Å². The van der Waals surface area contributed by atoms with E-state index in [9.17, 15) is 0 Å². The first-order valence-electron chi connectivity index (χ1n) is 4.61. The molecule has 0 fully saturated rings. The Morgan fingerprint density at radius 2 is 2.00 bits per heavy atom. The molecule has 4 N–H and O–H groups in total. The number of nitrogens with one attached hydrogen (secondary N) is 2. The lowest BCUT2D eigenvalue weighted by atomic mass is 10.2. The highest BCUT2D eigenvalue weighted by Crippen LogP contribution is 2.05. The molecule has 0 amide bonds. The first-order valence-corrected chi connectivity index (χ1v) is 4.61. The van der Waals surface area contributed by atoms with E-state index >= 15 is 0 Å². The van der Waals surface area contributed by atoms with Crippen LogP contribution in [0.3, 0.4) is 0 Å². The molecule has 0 spiro atoms. The van der Waals surface area contributed by atoms with E-state index in [0.717, 1.165) is 12.2 Å². The van der Waals surface area contributed by atoms with Gasteiger partial charge in [-0.2, -0.15) is 0 Å². The van der Waals surface area contributed by atoms with Crippen molar-refractivity contribution < 1.29 is 0 Å². The molecule has 0 aromatic heterocycles. The van der Waals surface area contributed by atoms with Crippen LogP contribution in [0, 0.1) is 0 Å². The lowest BCUT2D eigenvalue weighted by molar-refractivity contribution is 0.263. The second-order valence-corrected chi connectivity index (χ2v) is 3.21. The van der Waals surface area contributed by atoms with E-state index in [2.05, 4.69) is 23.1 Å². The Morgan fingerprint density at radius 3 is 2.64 bits per heavy atom. The number of nitrogens with two attached hydrogens (primary N) is 1. The van der Waals surface area contributed by atoms with E-state index in [-0.39, 0.29) is 0 Å². The Labute approximate surface area is 83.3 Å². The first-order chi connectivity index (χ1) is 6.88. The average molecular weight is 190 g/mol. The summed E-state index contributed by atoms with van der Waals surface area (Å²) in [6.45, 7) is 1.36. The Balaban J connectivity index is 1.97. The van der Waals surface area contributed by atoms with Crippen LogP contribution in [0.5, 0.6) is 0 Å². The molecule has 4 nitrogen and oxygen atoms in total. The maximum Gasteiger partial charge on any atom is 0.0606 e. The number of hydrogen-bond acceptors (Lipinski definition) is 4. The van der Waals surface area contributed by atoms with E-state index < -0.39 is 0 Å². The maximum atomic E-state index is 5.49. The van der Waals surface area contributed by atoms with Gasteiger partial charge in [-0.1, -0.05) is 30.3 Å². The Kier molecular flexibility index (Phi) is 2.67. The fourth-order valence-electron chi connectivity index (χ4n) is 1.37. The fourth-order valence-corrected chi connectivity index (χ4v) is 1.37. The third-order valence-corrected chi connectivity index (χ3v) is 2.09. The van der Waals surface area contributed by atoms with Crippen molar-refractivity contribution in [3.05, 3.63) is 47.8 Å². The molecule has 0 atom stereocenters. The molecule has 1 aromatic carbocycles. The molecule has 0 radical (unpaired) electrons. The zero-order chi connectivity index (χ0) is 9.80.